The van der Waals surface area contributed by atoms with Gasteiger partial charge in [-0.25, -0.2) is 9.18 Å². The summed E-state index contributed by atoms with van der Waals surface area (Å²) in [5, 5.41) is 9.32. The molecule has 1 aromatic rings. The molecule has 0 bridgehead atoms. The van der Waals surface area contributed by atoms with Crippen molar-refractivity contribution in [1.82, 2.24) is 0 Å². The number of benzene rings is 1. The Bertz CT molecular complexity index is 430. The third kappa shape index (κ3) is 3.23. The molecule has 0 aliphatic carbocycles. The summed E-state index contributed by atoms with van der Waals surface area (Å²) in [6.07, 6.45) is 1.95. The molecule has 1 N–H and O–H groups in total. The first-order valence-corrected chi connectivity index (χ1v) is 6.93. The highest BCUT2D eigenvalue weighted by molar-refractivity contribution is 7.99. The summed E-state index contributed by atoms with van der Waals surface area (Å²) in [5.74, 6) is -1.31. The number of rotatable bonds is 4. The van der Waals surface area contributed by atoms with Gasteiger partial charge >= 0.3 is 5.97 Å². The average Bonchev–Trinajstić information content (AvgIpc) is 2.38. The Labute approximate surface area is 109 Å². The van der Waals surface area contributed by atoms with Gasteiger partial charge < -0.3 is 9.84 Å². The summed E-state index contributed by atoms with van der Waals surface area (Å²) in [7, 11) is 0. The van der Waals surface area contributed by atoms with Crippen LogP contribution in [0.5, 0.6) is 0 Å². The molecule has 1 aliphatic rings. The predicted molar refractivity (Wildman–Crippen MR) is 68.5 cm³/mol. The van der Waals surface area contributed by atoms with E-state index in [9.17, 15) is 9.18 Å². The van der Waals surface area contributed by atoms with E-state index in [4.69, 9.17) is 9.84 Å². The van der Waals surface area contributed by atoms with E-state index in [0.717, 1.165) is 26.1 Å². The summed E-state index contributed by atoms with van der Waals surface area (Å²) < 4.78 is 19.1. The first-order chi connectivity index (χ1) is 8.68. The van der Waals surface area contributed by atoms with Gasteiger partial charge in [0, 0.05) is 24.2 Å². The van der Waals surface area contributed by atoms with Crippen LogP contribution in [0.3, 0.4) is 0 Å². The zero-order valence-corrected chi connectivity index (χ0v) is 10.7. The molecule has 0 atom stereocenters. The van der Waals surface area contributed by atoms with Gasteiger partial charge in [-0.3, -0.25) is 0 Å². The van der Waals surface area contributed by atoms with Crippen LogP contribution >= 0.6 is 11.8 Å². The van der Waals surface area contributed by atoms with Crippen molar-refractivity contribution in [2.75, 3.05) is 13.2 Å². The van der Waals surface area contributed by atoms with Crippen molar-refractivity contribution in [3.05, 3.63) is 35.1 Å². The number of carbonyl (C=O) groups is 1. The molecule has 1 aliphatic heterocycles. The lowest BCUT2D eigenvalue weighted by molar-refractivity contribution is 0.0691. The number of carboxylic acids is 1. The molecule has 1 fully saturated rings. The summed E-state index contributed by atoms with van der Waals surface area (Å²) in [5.41, 5.74) is 0.214. The van der Waals surface area contributed by atoms with Crippen molar-refractivity contribution in [2.45, 2.75) is 23.8 Å². The molecule has 0 saturated carbocycles. The number of carboxylic acid groups (broad SMARTS) is 1. The van der Waals surface area contributed by atoms with E-state index in [1.54, 1.807) is 23.9 Å². The molecule has 0 radical (unpaired) electrons. The van der Waals surface area contributed by atoms with Gasteiger partial charge in [-0.1, -0.05) is 12.1 Å². The lowest BCUT2D eigenvalue weighted by Crippen LogP contribution is -2.17. The van der Waals surface area contributed by atoms with Crippen molar-refractivity contribution in [3.8, 4) is 0 Å². The topological polar surface area (TPSA) is 46.5 Å². The van der Waals surface area contributed by atoms with Gasteiger partial charge in [0.05, 0.1) is 5.56 Å². The van der Waals surface area contributed by atoms with Gasteiger partial charge in [-0.15, -0.1) is 0 Å². The zero-order valence-electron chi connectivity index (χ0n) is 9.89. The highest BCUT2D eigenvalue weighted by Crippen LogP contribution is 2.27. The molecule has 1 heterocycles. The van der Waals surface area contributed by atoms with Gasteiger partial charge in [-0.05, 0) is 24.5 Å². The third-order valence-electron chi connectivity index (χ3n) is 2.95. The quantitative estimate of drug-likeness (QED) is 0.913. The molecule has 1 aromatic carbocycles. The molecule has 5 heteroatoms. The highest BCUT2D eigenvalue weighted by Gasteiger charge is 2.17. The summed E-state index contributed by atoms with van der Waals surface area (Å²) in [6, 6.07) is 4.53. The Kier molecular flexibility index (Phi) is 4.60. The second kappa shape index (κ2) is 6.20. The molecular formula is C13H15FO3S. The van der Waals surface area contributed by atoms with Gasteiger partial charge in [0.1, 0.15) is 5.82 Å². The molecule has 2 rings (SSSR count). The Morgan fingerprint density at radius 1 is 1.44 bits per heavy atom. The standard InChI is InChI=1S/C13H15FO3S/c14-12-9(2-1-3-11(12)13(15)16)8-18-10-4-6-17-7-5-10/h1-3,10H,4-8H2,(H,15,16). The van der Waals surface area contributed by atoms with Crippen molar-refractivity contribution in [1.29, 1.82) is 0 Å². The number of hydrogen-bond donors (Lipinski definition) is 1. The number of halogens is 1. The monoisotopic (exact) mass is 270 g/mol. The minimum Gasteiger partial charge on any atom is -0.478 e. The van der Waals surface area contributed by atoms with Gasteiger partial charge in [0.15, 0.2) is 0 Å². The van der Waals surface area contributed by atoms with E-state index in [-0.39, 0.29) is 5.56 Å². The van der Waals surface area contributed by atoms with Crippen LogP contribution in [0, 0.1) is 5.82 Å². The molecule has 1 saturated heterocycles. The van der Waals surface area contributed by atoms with Crippen LogP contribution in [0.4, 0.5) is 4.39 Å². The summed E-state index contributed by atoms with van der Waals surface area (Å²) in [6.45, 7) is 1.52. The van der Waals surface area contributed by atoms with Crippen LogP contribution in [-0.4, -0.2) is 29.5 Å². The first-order valence-electron chi connectivity index (χ1n) is 5.88. The zero-order chi connectivity index (χ0) is 13.0. The Morgan fingerprint density at radius 2 is 2.17 bits per heavy atom. The van der Waals surface area contributed by atoms with Crippen molar-refractivity contribution in [2.24, 2.45) is 0 Å². The van der Waals surface area contributed by atoms with Crippen LogP contribution in [-0.2, 0) is 10.5 Å². The smallest absolute Gasteiger partial charge is 0.338 e. The Hall–Kier alpha value is -1.07. The average molecular weight is 270 g/mol. The normalized spacial score (nSPS) is 16.7. The minimum absolute atomic E-state index is 0.250. The summed E-state index contributed by atoms with van der Waals surface area (Å²) >= 11 is 1.67. The van der Waals surface area contributed by atoms with E-state index in [1.807, 2.05) is 0 Å². The van der Waals surface area contributed by atoms with Crippen molar-refractivity contribution >= 4 is 17.7 Å². The Morgan fingerprint density at radius 3 is 2.83 bits per heavy atom. The lowest BCUT2D eigenvalue weighted by Gasteiger charge is -2.21. The second-order valence-corrected chi connectivity index (χ2v) is 5.50. The van der Waals surface area contributed by atoms with Crippen LogP contribution in [0.15, 0.2) is 18.2 Å². The van der Waals surface area contributed by atoms with E-state index in [1.165, 1.54) is 6.07 Å². The van der Waals surface area contributed by atoms with Gasteiger partial charge in [0.2, 0.25) is 0 Å². The van der Waals surface area contributed by atoms with E-state index in [2.05, 4.69) is 0 Å². The van der Waals surface area contributed by atoms with E-state index < -0.39 is 11.8 Å². The fourth-order valence-corrected chi connectivity index (χ4v) is 3.07. The summed E-state index contributed by atoms with van der Waals surface area (Å²) in [4.78, 5) is 10.8. The van der Waals surface area contributed by atoms with Crippen molar-refractivity contribution in [3.63, 3.8) is 0 Å². The maximum Gasteiger partial charge on any atom is 0.338 e. The number of aromatic carboxylic acids is 1. The van der Waals surface area contributed by atoms with Gasteiger partial charge in [0.25, 0.3) is 0 Å². The molecule has 3 nitrogen and oxygen atoms in total. The maximum absolute atomic E-state index is 13.9. The van der Waals surface area contributed by atoms with Crippen LogP contribution in [0.25, 0.3) is 0 Å². The number of ether oxygens (including phenoxy) is 1. The van der Waals surface area contributed by atoms with Crippen LogP contribution < -0.4 is 0 Å². The second-order valence-electron chi connectivity index (χ2n) is 4.21. The molecule has 0 amide bonds. The molecule has 0 spiro atoms. The minimum atomic E-state index is -1.22. The first kappa shape index (κ1) is 13.4. The fraction of sp³-hybridized carbons (Fsp3) is 0.462. The largest absolute Gasteiger partial charge is 0.478 e. The van der Waals surface area contributed by atoms with E-state index >= 15 is 0 Å². The maximum atomic E-state index is 13.9. The van der Waals surface area contributed by atoms with Gasteiger partial charge in [-0.2, -0.15) is 11.8 Å². The highest BCUT2D eigenvalue weighted by atomic mass is 32.2. The lowest BCUT2D eigenvalue weighted by atomic mass is 10.1. The molecule has 18 heavy (non-hydrogen) atoms. The van der Waals surface area contributed by atoms with Crippen LogP contribution in [0.2, 0.25) is 0 Å². The Balaban J connectivity index is 2.00. The fourth-order valence-electron chi connectivity index (χ4n) is 1.91. The van der Waals surface area contributed by atoms with Crippen LogP contribution in [0.1, 0.15) is 28.8 Å². The number of thioether (sulfide) groups is 1. The van der Waals surface area contributed by atoms with E-state index in [0.29, 0.717) is 16.6 Å². The molecule has 0 unspecified atom stereocenters. The number of hydrogen-bond acceptors (Lipinski definition) is 3. The SMILES string of the molecule is O=C(O)c1cccc(CSC2CCOCC2)c1F. The van der Waals surface area contributed by atoms with Crippen molar-refractivity contribution < 1.29 is 19.0 Å². The molecule has 98 valence electrons. The third-order valence-corrected chi connectivity index (χ3v) is 4.37. The predicted octanol–water partition coefficient (Wildman–Crippen LogP) is 2.94. The molecule has 0 aromatic heterocycles. The molecular weight excluding hydrogens is 255 g/mol.